The third-order valence-electron chi connectivity index (χ3n) is 4.69. The molecule has 3 amide bonds. The van der Waals surface area contributed by atoms with Crippen molar-refractivity contribution in [2.75, 3.05) is 19.4 Å². The van der Waals surface area contributed by atoms with Gasteiger partial charge in [0.2, 0.25) is 11.8 Å². The summed E-state index contributed by atoms with van der Waals surface area (Å²) in [7, 11) is 3.32. The number of hydrogen-bond donors (Lipinski definition) is 3. The molecule has 2 heterocycles. The highest BCUT2D eigenvalue weighted by atomic mass is 32.2. The Morgan fingerprint density at radius 1 is 1.34 bits per heavy atom. The Labute approximate surface area is 194 Å². The molecule has 2 unspecified atom stereocenters. The van der Waals surface area contributed by atoms with Crippen LogP contribution in [-0.4, -0.2) is 53.2 Å². The van der Waals surface area contributed by atoms with Crippen molar-refractivity contribution in [3.8, 4) is 6.07 Å². The number of nitriles is 1. The number of thiazole rings is 1. The van der Waals surface area contributed by atoms with Gasteiger partial charge in [-0.3, -0.25) is 19.7 Å². The molecular formula is C21H24N6O3S2. The summed E-state index contributed by atoms with van der Waals surface area (Å²) in [5.74, 6) is 0.0885. The predicted octanol–water partition coefficient (Wildman–Crippen LogP) is 2.05. The number of aryl methyl sites for hydroxylation is 1. The molecule has 0 aliphatic carbocycles. The molecule has 2 aromatic rings. The molecule has 1 fully saturated rings. The Morgan fingerprint density at radius 2 is 2.06 bits per heavy atom. The molecule has 0 bridgehead atoms. The number of anilines is 1. The van der Waals surface area contributed by atoms with Crippen LogP contribution in [-0.2, 0) is 15.3 Å². The maximum atomic E-state index is 12.5. The smallest absolute Gasteiger partial charge is 0.265 e. The Bertz CT molecular complexity index is 1040. The fourth-order valence-corrected chi connectivity index (χ4v) is 5.12. The van der Waals surface area contributed by atoms with E-state index in [2.05, 4.69) is 27.0 Å². The van der Waals surface area contributed by atoms with Crippen LogP contribution in [0.5, 0.6) is 0 Å². The molecule has 3 rings (SSSR count). The SMILES string of the molecule is Cc1nc(NC(=O)CC2CC(=O)NC(SCc3ccc(C#N)cc3)N2)sc1C(=O)N(C)C. The van der Waals surface area contributed by atoms with Crippen LogP contribution in [0.2, 0.25) is 0 Å². The number of benzene rings is 1. The fourth-order valence-electron chi connectivity index (χ4n) is 3.07. The zero-order chi connectivity index (χ0) is 23.3. The summed E-state index contributed by atoms with van der Waals surface area (Å²) in [5, 5.41) is 18.1. The van der Waals surface area contributed by atoms with Gasteiger partial charge in [-0.1, -0.05) is 23.5 Å². The number of carbonyl (C=O) groups excluding carboxylic acids is 3. The van der Waals surface area contributed by atoms with Crippen LogP contribution in [0.15, 0.2) is 24.3 Å². The van der Waals surface area contributed by atoms with Gasteiger partial charge in [0.25, 0.3) is 5.91 Å². The molecule has 2 atom stereocenters. The van der Waals surface area contributed by atoms with Crippen molar-refractivity contribution in [2.45, 2.75) is 37.1 Å². The second-order valence-electron chi connectivity index (χ2n) is 7.52. The van der Waals surface area contributed by atoms with Gasteiger partial charge < -0.3 is 15.5 Å². The van der Waals surface area contributed by atoms with E-state index in [9.17, 15) is 14.4 Å². The van der Waals surface area contributed by atoms with Crippen molar-refractivity contribution in [1.29, 1.82) is 5.26 Å². The van der Waals surface area contributed by atoms with E-state index < -0.39 is 0 Å². The first-order chi connectivity index (χ1) is 15.2. The summed E-state index contributed by atoms with van der Waals surface area (Å²) in [5.41, 5.74) is 1.88. The molecule has 9 nitrogen and oxygen atoms in total. The molecule has 32 heavy (non-hydrogen) atoms. The quantitative estimate of drug-likeness (QED) is 0.563. The van der Waals surface area contributed by atoms with E-state index in [0.717, 1.165) is 16.9 Å². The maximum Gasteiger partial charge on any atom is 0.265 e. The Hall–Kier alpha value is -2.94. The van der Waals surface area contributed by atoms with Crippen LogP contribution in [0.25, 0.3) is 0 Å². The zero-order valence-electron chi connectivity index (χ0n) is 18.0. The molecule has 1 aliphatic heterocycles. The van der Waals surface area contributed by atoms with Crippen molar-refractivity contribution < 1.29 is 14.4 Å². The van der Waals surface area contributed by atoms with Crippen molar-refractivity contribution >= 4 is 46.0 Å². The summed E-state index contributed by atoms with van der Waals surface area (Å²) in [6, 6.07) is 9.05. The van der Waals surface area contributed by atoms with E-state index in [0.29, 0.717) is 27.0 Å². The molecule has 1 saturated heterocycles. The van der Waals surface area contributed by atoms with Gasteiger partial charge in [-0.15, -0.1) is 11.8 Å². The highest BCUT2D eigenvalue weighted by Crippen LogP contribution is 2.24. The van der Waals surface area contributed by atoms with E-state index in [1.165, 1.54) is 16.7 Å². The molecule has 168 valence electrons. The van der Waals surface area contributed by atoms with Gasteiger partial charge in [-0.25, -0.2) is 4.98 Å². The average Bonchev–Trinajstić information content (AvgIpc) is 3.11. The summed E-state index contributed by atoms with van der Waals surface area (Å²) in [6.45, 7) is 1.73. The highest BCUT2D eigenvalue weighted by Gasteiger charge is 2.28. The summed E-state index contributed by atoms with van der Waals surface area (Å²) in [4.78, 5) is 43.0. The van der Waals surface area contributed by atoms with Crippen LogP contribution in [0.1, 0.15) is 39.3 Å². The lowest BCUT2D eigenvalue weighted by molar-refractivity contribution is -0.124. The van der Waals surface area contributed by atoms with Crippen LogP contribution >= 0.6 is 23.1 Å². The molecule has 1 aromatic heterocycles. The predicted molar refractivity (Wildman–Crippen MR) is 124 cm³/mol. The van der Waals surface area contributed by atoms with Gasteiger partial charge in [-0.05, 0) is 24.6 Å². The van der Waals surface area contributed by atoms with E-state index in [-0.39, 0.29) is 42.1 Å². The molecule has 0 spiro atoms. The van der Waals surface area contributed by atoms with Crippen molar-refractivity contribution in [3.63, 3.8) is 0 Å². The largest absolute Gasteiger partial charge is 0.344 e. The Morgan fingerprint density at radius 3 is 2.72 bits per heavy atom. The van der Waals surface area contributed by atoms with Gasteiger partial charge >= 0.3 is 0 Å². The third kappa shape index (κ3) is 6.29. The number of thioether (sulfide) groups is 1. The minimum atomic E-state index is -0.323. The number of hydrogen-bond acceptors (Lipinski definition) is 8. The topological polar surface area (TPSA) is 127 Å². The van der Waals surface area contributed by atoms with Gasteiger partial charge in [0.1, 0.15) is 10.4 Å². The summed E-state index contributed by atoms with van der Waals surface area (Å²) in [6.07, 6.45) is 0.305. The van der Waals surface area contributed by atoms with Crippen LogP contribution < -0.4 is 16.0 Å². The first kappa shape index (κ1) is 23.7. The van der Waals surface area contributed by atoms with Crippen LogP contribution in [0, 0.1) is 18.3 Å². The average molecular weight is 473 g/mol. The number of carbonyl (C=O) groups is 3. The number of amides is 3. The number of nitrogens with one attached hydrogen (secondary N) is 3. The van der Waals surface area contributed by atoms with E-state index in [4.69, 9.17) is 5.26 Å². The molecule has 0 radical (unpaired) electrons. The lowest BCUT2D eigenvalue weighted by Gasteiger charge is -2.30. The molecule has 0 saturated carbocycles. The van der Waals surface area contributed by atoms with Crippen molar-refractivity contribution in [1.82, 2.24) is 20.5 Å². The number of nitrogens with zero attached hydrogens (tertiary/aromatic N) is 3. The molecule has 11 heteroatoms. The molecule has 1 aromatic carbocycles. The fraction of sp³-hybridized carbons (Fsp3) is 0.381. The second kappa shape index (κ2) is 10.6. The van der Waals surface area contributed by atoms with Crippen molar-refractivity contribution in [2.24, 2.45) is 0 Å². The molecule has 1 aliphatic rings. The van der Waals surface area contributed by atoms with Gasteiger partial charge in [0.05, 0.1) is 17.3 Å². The Kier molecular flexibility index (Phi) is 7.84. The van der Waals surface area contributed by atoms with E-state index in [1.807, 2.05) is 12.1 Å². The minimum Gasteiger partial charge on any atom is -0.344 e. The number of rotatable bonds is 7. The summed E-state index contributed by atoms with van der Waals surface area (Å²) < 4.78 is 0. The monoisotopic (exact) mass is 472 g/mol. The number of aromatic nitrogens is 1. The van der Waals surface area contributed by atoms with E-state index >= 15 is 0 Å². The Balaban J connectivity index is 1.53. The minimum absolute atomic E-state index is 0.108. The lowest BCUT2D eigenvalue weighted by Crippen LogP contribution is -2.55. The van der Waals surface area contributed by atoms with Crippen LogP contribution in [0.4, 0.5) is 5.13 Å². The highest BCUT2D eigenvalue weighted by molar-refractivity contribution is 7.99. The van der Waals surface area contributed by atoms with Crippen LogP contribution in [0.3, 0.4) is 0 Å². The van der Waals surface area contributed by atoms with Gasteiger partial charge in [0.15, 0.2) is 5.13 Å². The standard InChI is InChI=1S/C21H24N6O3S2/c1-12-18(19(30)27(2)3)32-21(23-12)26-17(29)9-15-8-16(28)25-20(24-15)31-11-14-6-4-13(10-22)5-7-14/h4-7,15,20,24H,8-9,11H2,1-3H3,(H,25,28)(H,23,26,29). The first-order valence-corrected chi connectivity index (χ1v) is 11.8. The maximum absolute atomic E-state index is 12.5. The van der Waals surface area contributed by atoms with E-state index in [1.54, 1.807) is 33.2 Å². The second-order valence-corrected chi connectivity index (χ2v) is 9.61. The normalized spacial score (nSPS) is 17.9. The van der Waals surface area contributed by atoms with Gasteiger partial charge in [0, 0.05) is 38.7 Å². The zero-order valence-corrected chi connectivity index (χ0v) is 19.6. The van der Waals surface area contributed by atoms with Crippen molar-refractivity contribution in [3.05, 3.63) is 46.0 Å². The molecular weight excluding hydrogens is 448 g/mol. The lowest BCUT2D eigenvalue weighted by atomic mass is 10.1. The first-order valence-electron chi connectivity index (χ1n) is 9.90. The summed E-state index contributed by atoms with van der Waals surface area (Å²) >= 11 is 2.64. The third-order valence-corrected chi connectivity index (χ3v) is 6.83. The molecule has 3 N–H and O–H groups in total. The van der Waals surface area contributed by atoms with Gasteiger partial charge in [-0.2, -0.15) is 5.26 Å².